The highest BCUT2D eigenvalue weighted by Crippen LogP contribution is 2.35. The minimum absolute atomic E-state index is 0.539. The van der Waals surface area contributed by atoms with E-state index in [0.29, 0.717) is 10.8 Å². The summed E-state index contributed by atoms with van der Waals surface area (Å²) in [5.41, 5.74) is 0.769. The standard InChI is InChI=1S/C13H12BrClO2S/c1-7-9(14)6-12(18-7)13(16)8-3-4-10(15)11(5-8)17-2/h3-6,13,16H,1-2H3. The van der Waals surface area contributed by atoms with Crippen LogP contribution in [0.25, 0.3) is 0 Å². The minimum Gasteiger partial charge on any atom is -0.495 e. The first-order valence-electron chi connectivity index (χ1n) is 5.30. The second-order valence-corrected chi connectivity index (χ2v) is 6.40. The second kappa shape index (κ2) is 5.61. The first kappa shape index (κ1) is 13.9. The molecule has 1 N–H and O–H groups in total. The Morgan fingerprint density at radius 1 is 1.39 bits per heavy atom. The zero-order valence-corrected chi connectivity index (χ0v) is 13.1. The van der Waals surface area contributed by atoms with Gasteiger partial charge in [-0.15, -0.1) is 11.3 Å². The molecule has 0 fully saturated rings. The molecule has 0 radical (unpaired) electrons. The van der Waals surface area contributed by atoms with Gasteiger partial charge in [-0.3, -0.25) is 0 Å². The third-order valence-corrected chi connectivity index (χ3v) is 5.14. The molecule has 0 bridgehead atoms. The summed E-state index contributed by atoms with van der Waals surface area (Å²) in [6.07, 6.45) is -0.661. The number of hydrogen-bond donors (Lipinski definition) is 1. The van der Waals surface area contributed by atoms with Gasteiger partial charge in [0.05, 0.1) is 12.1 Å². The number of hydrogen-bond acceptors (Lipinski definition) is 3. The van der Waals surface area contributed by atoms with Gasteiger partial charge in [0.2, 0.25) is 0 Å². The Balaban J connectivity index is 2.36. The third kappa shape index (κ3) is 2.72. The molecular weight excluding hydrogens is 336 g/mol. The fourth-order valence-corrected chi connectivity index (χ4v) is 3.40. The normalized spacial score (nSPS) is 12.5. The van der Waals surface area contributed by atoms with Crippen LogP contribution in [0.5, 0.6) is 5.75 Å². The SMILES string of the molecule is COc1cc(C(O)c2cc(Br)c(C)s2)ccc1Cl. The van der Waals surface area contributed by atoms with Gasteiger partial charge in [0, 0.05) is 14.2 Å². The molecule has 1 aromatic heterocycles. The van der Waals surface area contributed by atoms with E-state index in [4.69, 9.17) is 16.3 Å². The molecule has 1 unspecified atom stereocenters. The zero-order chi connectivity index (χ0) is 13.3. The van der Waals surface area contributed by atoms with Crippen LogP contribution in [0.2, 0.25) is 5.02 Å². The number of methoxy groups -OCH3 is 1. The molecule has 0 saturated heterocycles. The number of thiophene rings is 1. The van der Waals surface area contributed by atoms with Crippen molar-refractivity contribution in [1.82, 2.24) is 0 Å². The topological polar surface area (TPSA) is 29.5 Å². The van der Waals surface area contributed by atoms with Crippen LogP contribution in [0.4, 0.5) is 0 Å². The molecule has 0 amide bonds. The van der Waals surface area contributed by atoms with Gasteiger partial charge >= 0.3 is 0 Å². The largest absolute Gasteiger partial charge is 0.495 e. The Morgan fingerprint density at radius 3 is 2.67 bits per heavy atom. The van der Waals surface area contributed by atoms with E-state index in [1.807, 2.05) is 13.0 Å². The van der Waals surface area contributed by atoms with Gasteiger partial charge in [0.25, 0.3) is 0 Å². The molecule has 5 heteroatoms. The summed E-state index contributed by atoms with van der Waals surface area (Å²) in [4.78, 5) is 2.04. The Morgan fingerprint density at radius 2 is 2.11 bits per heavy atom. The van der Waals surface area contributed by atoms with Crippen LogP contribution in [-0.4, -0.2) is 12.2 Å². The molecule has 0 spiro atoms. The van der Waals surface area contributed by atoms with E-state index in [1.54, 1.807) is 36.6 Å². The van der Waals surface area contributed by atoms with Crippen LogP contribution >= 0.6 is 38.9 Å². The summed E-state index contributed by atoms with van der Waals surface area (Å²) < 4.78 is 6.17. The molecule has 1 heterocycles. The number of ether oxygens (including phenoxy) is 1. The van der Waals surface area contributed by atoms with Gasteiger partial charge < -0.3 is 9.84 Å². The monoisotopic (exact) mass is 346 g/mol. The predicted octanol–water partition coefficient (Wildman–Crippen LogP) is 4.56. The predicted molar refractivity (Wildman–Crippen MR) is 78.8 cm³/mol. The molecule has 18 heavy (non-hydrogen) atoms. The van der Waals surface area contributed by atoms with Gasteiger partial charge in [-0.05, 0) is 46.6 Å². The highest BCUT2D eigenvalue weighted by Gasteiger charge is 2.16. The summed E-state index contributed by atoms with van der Waals surface area (Å²) in [5.74, 6) is 0.570. The molecule has 1 atom stereocenters. The Hall–Kier alpha value is -0.550. The average molecular weight is 348 g/mol. The van der Waals surface area contributed by atoms with Crippen LogP contribution in [-0.2, 0) is 0 Å². The molecular formula is C13H12BrClO2S. The lowest BCUT2D eigenvalue weighted by molar-refractivity contribution is 0.223. The zero-order valence-electron chi connectivity index (χ0n) is 9.91. The van der Waals surface area contributed by atoms with E-state index in [-0.39, 0.29) is 0 Å². The fraction of sp³-hybridized carbons (Fsp3) is 0.231. The fourth-order valence-electron chi connectivity index (χ4n) is 1.63. The maximum atomic E-state index is 10.3. The molecule has 0 aliphatic rings. The van der Waals surface area contributed by atoms with E-state index in [9.17, 15) is 5.11 Å². The Bertz CT molecular complexity index is 549. The average Bonchev–Trinajstić information content (AvgIpc) is 2.69. The molecule has 2 nitrogen and oxygen atoms in total. The smallest absolute Gasteiger partial charge is 0.137 e. The van der Waals surface area contributed by atoms with Gasteiger partial charge in [-0.25, -0.2) is 0 Å². The van der Waals surface area contributed by atoms with Gasteiger partial charge in [-0.2, -0.15) is 0 Å². The van der Waals surface area contributed by atoms with Crippen LogP contribution in [0.1, 0.15) is 21.4 Å². The van der Waals surface area contributed by atoms with E-state index < -0.39 is 6.10 Å². The first-order chi connectivity index (χ1) is 8.52. The van der Waals surface area contributed by atoms with Crippen molar-refractivity contribution >= 4 is 38.9 Å². The van der Waals surface area contributed by atoms with Crippen LogP contribution in [0.3, 0.4) is 0 Å². The molecule has 2 aromatic rings. The van der Waals surface area contributed by atoms with Gasteiger partial charge in [-0.1, -0.05) is 17.7 Å². The summed E-state index contributed by atoms with van der Waals surface area (Å²) in [7, 11) is 1.56. The van der Waals surface area contributed by atoms with Crippen molar-refractivity contribution in [2.24, 2.45) is 0 Å². The van der Waals surface area contributed by atoms with Crippen LogP contribution < -0.4 is 4.74 Å². The van der Waals surface area contributed by atoms with Crippen molar-refractivity contribution in [3.8, 4) is 5.75 Å². The Labute approximate surface area is 123 Å². The number of halogens is 2. The molecule has 0 aliphatic carbocycles. The molecule has 0 aliphatic heterocycles. The highest BCUT2D eigenvalue weighted by atomic mass is 79.9. The Kier molecular flexibility index (Phi) is 4.33. The molecule has 1 aromatic carbocycles. The van der Waals surface area contributed by atoms with Crippen LogP contribution in [0, 0.1) is 6.92 Å². The summed E-state index contributed by atoms with van der Waals surface area (Å²) >= 11 is 11.0. The van der Waals surface area contributed by atoms with E-state index in [1.165, 1.54) is 0 Å². The van der Waals surface area contributed by atoms with Crippen molar-refractivity contribution in [3.05, 3.63) is 49.1 Å². The van der Waals surface area contributed by atoms with Crippen molar-refractivity contribution in [3.63, 3.8) is 0 Å². The van der Waals surface area contributed by atoms with E-state index >= 15 is 0 Å². The maximum Gasteiger partial charge on any atom is 0.137 e. The lowest BCUT2D eigenvalue weighted by atomic mass is 10.1. The quantitative estimate of drug-likeness (QED) is 0.882. The van der Waals surface area contributed by atoms with Gasteiger partial charge in [0.15, 0.2) is 0 Å². The number of aryl methyl sites for hydroxylation is 1. The number of aliphatic hydroxyl groups is 1. The van der Waals surface area contributed by atoms with E-state index in [2.05, 4.69) is 15.9 Å². The maximum absolute atomic E-state index is 10.3. The lowest BCUT2D eigenvalue weighted by Gasteiger charge is -2.11. The summed E-state index contributed by atoms with van der Waals surface area (Å²) in [6, 6.07) is 7.23. The molecule has 2 rings (SSSR count). The van der Waals surface area contributed by atoms with Crippen LogP contribution in [0.15, 0.2) is 28.7 Å². The number of rotatable bonds is 3. The second-order valence-electron chi connectivity index (χ2n) is 3.85. The van der Waals surface area contributed by atoms with Crippen molar-refractivity contribution < 1.29 is 9.84 Å². The number of benzene rings is 1. The lowest BCUT2D eigenvalue weighted by Crippen LogP contribution is -1.97. The van der Waals surface area contributed by atoms with Crippen molar-refractivity contribution in [1.29, 1.82) is 0 Å². The first-order valence-corrected chi connectivity index (χ1v) is 7.29. The van der Waals surface area contributed by atoms with Crippen molar-refractivity contribution in [2.45, 2.75) is 13.0 Å². The van der Waals surface area contributed by atoms with Crippen molar-refractivity contribution in [2.75, 3.05) is 7.11 Å². The number of aliphatic hydroxyl groups excluding tert-OH is 1. The summed E-state index contributed by atoms with van der Waals surface area (Å²) in [6.45, 7) is 2.01. The molecule has 0 saturated carbocycles. The minimum atomic E-state index is -0.661. The van der Waals surface area contributed by atoms with E-state index in [0.717, 1.165) is 19.8 Å². The molecule has 96 valence electrons. The summed E-state index contributed by atoms with van der Waals surface area (Å²) in [5, 5.41) is 10.9. The highest BCUT2D eigenvalue weighted by molar-refractivity contribution is 9.10. The third-order valence-electron chi connectivity index (χ3n) is 2.64. The van der Waals surface area contributed by atoms with Gasteiger partial charge in [0.1, 0.15) is 11.9 Å².